The van der Waals surface area contributed by atoms with E-state index in [9.17, 15) is 0 Å². The number of fused-ring (bicyclic) bond motifs is 1. The lowest BCUT2D eigenvalue weighted by molar-refractivity contribution is 0.00616. The molecule has 2 saturated heterocycles. The third-order valence-corrected chi connectivity index (χ3v) is 6.13. The van der Waals surface area contributed by atoms with Crippen LogP contribution >= 0.6 is 0 Å². The Morgan fingerprint density at radius 2 is 1.88 bits per heavy atom. The molecule has 0 bridgehead atoms. The summed E-state index contributed by atoms with van der Waals surface area (Å²) in [6.45, 7) is 9.02. The Balaban J connectivity index is 1.48. The van der Waals surface area contributed by atoms with Gasteiger partial charge in [-0.25, -0.2) is 0 Å². The van der Waals surface area contributed by atoms with Crippen molar-refractivity contribution in [1.29, 1.82) is 0 Å². The molecule has 2 aliphatic heterocycles. The van der Waals surface area contributed by atoms with Crippen molar-refractivity contribution in [1.82, 2.24) is 14.8 Å². The van der Waals surface area contributed by atoms with Crippen molar-refractivity contribution >= 4 is 0 Å². The number of aryl methyl sites for hydroxylation is 1. The summed E-state index contributed by atoms with van der Waals surface area (Å²) in [6, 6.07) is 14.4. The first-order chi connectivity index (χ1) is 12.2. The minimum Gasteiger partial charge on any atom is -0.296 e. The van der Waals surface area contributed by atoms with E-state index in [1.165, 1.54) is 61.3 Å². The number of hydrogen-bond donors (Lipinski definition) is 0. The number of nitrogens with zero attached hydrogens (tertiary/aromatic N) is 3. The van der Waals surface area contributed by atoms with Gasteiger partial charge in [0.15, 0.2) is 0 Å². The SMILES string of the molecule is Cc1nccc(C2CCCC3CN(Cc4ccccc4)CCN32)c1C. The van der Waals surface area contributed by atoms with E-state index in [0.29, 0.717) is 12.1 Å². The van der Waals surface area contributed by atoms with Gasteiger partial charge in [-0.15, -0.1) is 0 Å². The highest BCUT2D eigenvalue weighted by atomic mass is 15.3. The van der Waals surface area contributed by atoms with Crippen LogP contribution in [0, 0.1) is 13.8 Å². The smallest absolute Gasteiger partial charge is 0.0405 e. The van der Waals surface area contributed by atoms with Crippen LogP contribution in [0.3, 0.4) is 0 Å². The molecule has 0 aliphatic carbocycles. The molecule has 1 aromatic carbocycles. The van der Waals surface area contributed by atoms with Gasteiger partial charge in [0.05, 0.1) is 0 Å². The van der Waals surface area contributed by atoms with E-state index in [1.54, 1.807) is 0 Å². The second-order valence-corrected chi connectivity index (χ2v) is 7.67. The van der Waals surface area contributed by atoms with Gasteiger partial charge in [-0.1, -0.05) is 30.3 Å². The van der Waals surface area contributed by atoms with E-state index >= 15 is 0 Å². The van der Waals surface area contributed by atoms with E-state index in [0.717, 1.165) is 6.54 Å². The van der Waals surface area contributed by atoms with Crippen LogP contribution < -0.4 is 0 Å². The van der Waals surface area contributed by atoms with Gasteiger partial charge in [0.25, 0.3) is 0 Å². The number of pyridine rings is 1. The second kappa shape index (κ2) is 7.27. The Morgan fingerprint density at radius 3 is 2.72 bits per heavy atom. The van der Waals surface area contributed by atoms with E-state index in [4.69, 9.17) is 0 Å². The van der Waals surface area contributed by atoms with Crippen molar-refractivity contribution in [3.05, 3.63) is 65.0 Å². The van der Waals surface area contributed by atoms with Crippen molar-refractivity contribution in [2.45, 2.75) is 51.7 Å². The monoisotopic (exact) mass is 335 g/mol. The first-order valence-electron chi connectivity index (χ1n) is 9.66. The molecule has 132 valence electrons. The molecule has 0 spiro atoms. The van der Waals surface area contributed by atoms with E-state index in [1.807, 2.05) is 6.20 Å². The number of piperidine rings is 1. The predicted octanol–water partition coefficient (Wildman–Crippen LogP) is 4.11. The molecule has 3 heteroatoms. The zero-order valence-electron chi connectivity index (χ0n) is 15.5. The number of hydrogen-bond acceptors (Lipinski definition) is 3. The first kappa shape index (κ1) is 16.7. The zero-order chi connectivity index (χ0) is 17.2. The van der Waals surface area contributed by atoms with Crippen LogP contribution in [0.2, 0.25) is 0 Å². The number of aromatic nitrogens is 1. The van der Waals surface area contributed by atoms with Gasteiger partial charge in [0, 0.05) is 50.2 Å². The van der Waals surface area contributed by atoms with Gasteiger partial charge in [-0.2, -0.15) is 0 Å². The second-order valence-electron chi connectivity index (χ2n) is 7.67. The Bertz CT molecular complexity index is 712. The Hall–Kier alpha value is -1.71. The van der Waals surface area contributed by atoms with E-state index in [-0.39, 0.29) is 0 Å². The molecule has 2 fully saturated rings. The van der Waals surface area contributed by atoms with Gasteiger partial charge in [0.1, 0.15) is 0 Å². The van der Waals surface area contributed by atoms with Crippen molar-refractivity contribution in [2.75, 3.05) is 19.6 Å². The molecule has 0 N–H and O–H groups in total. The third-order valence-electron chi connectivity index (χ3n) is 6.13. The highest BCUT2D eigenvalue weighted by Gasteiger charge is 2.36. The van der Waals surface area contributed by atoms with Crippen molar-refractivity contribution in [3.63, 3.8) is 0 Å². The average Bonchev–Trinajstić information content (AvgIpc) is 2.64. The number of piperazine rings is 1. The summed E-state index contributed by atoms with van der Waals surface area (Å²) in [5, 5.41) is 0. The Morgan fingerprint density at radius 1 is 1.04 bits per heavy atom. The average molecular weight is 335 g/mol. The highest BCUT2D eigenvalue weighted by Crippen LogP contribution is 2.37. The quantitative estimate of drug-likeness (QED) is 0.841. The molecule has 0 saturated carbocycles. The molecular formula is C22H29N3. The van der Waals surface area contributed by atoms with Crippen LogP contribution in [0.5, 0.6) is 0 Å². The normalized spacial score (nSPS) is 24.9. The van der Waals surface area contributed by atoms with E-state index in [2.05, 4.69) is 65.0 Å². The molecule has 0 amide bonds. The van der Waals surface area contributed by atoms with Gasteiger partial charge >= 0.3 is 0 Å². The molecule has 2 aliphatic rings. The largest absolute Gasteiger partial charge is 0.296 e. The summed E-state index contributed by atoms with van der Waals surface area (Å²) < 4.78 is 0. The van der Waals surface area contributed by atoms with Gasteiger partial charge in [-0.3, -0.25) is 14.8 Å². The maximum Gasteiger partial charge on any atom is 0.0405 e. The van der Waals surface area contributed by atoms with Crippen LogP contribution in [-0.4, -0.2) is 40.5 Å². The number of benzene rings is 1. The van der Waals surface area contributed by atoms with E-state index < -0.39 is 0 Å². The molecule has 2 unspecified atom stereocenters. The summed E-state index contributed by atoms with van der Waals surface area (Å²) in [6.07, 6.45) is 5.96. The van der Waals surface area contributed by atoms with Crippen LogP contribution in [-0.2, 0) is 6.54 Å². The van der Waals surface area contributed by atoms with Crippen LogP contribution in [0.15, 0.2) is 42.6 Å². The fourth-order valence-corrected chi connectivity index (χ4v) is 4.65. The van der Waals surface area contributed by atoms with Gasteiger partial charge in [0.2, 0.25) is 0 Å². The van der Waals surface area contributed by atoms with Crippen LogP contribution in [0.4, 0.5) is 0 Å². The zero-order valence-corrected chi connectivity index (χ0v) is 15.5. The minimum atomic E-state index is 0.583. The standard InChI is InChI=1S/C22H29N3/c1-17-18(2)23-12-11-21(17)22-10-6-9-20-16-24(13-14-25(20)22)15-19-7-4-3-5-8-19/h3-5,7-8,11-12,20,22H,6,9-10,13-16H2,1-2H3. The molecular weight excluding hydrogens is 306 g/mol. The summed E-state index contributed by atoms with van der Waals surface area (Å²) >= 11 is 0. The fourth-order valence-electron chi connectivity index (χ4n) is 4.65. The van der Waals surface area contributed by atoms with Crippen molar-refractivity contribution < 1.29 is 0 Å². The fraction of sp³-hybridized carbons (Fsp3) is 0.500. The number of rotatable bonds is 3. The lowest BCUT2D eigenvalue weighted by Gasteiger charge is -2.49. The van der Waals surface area contributed by atoms with Crippen LogP contribution in [0.1, 0.15) is 47.7 Å². The molecule has 0 radical (unpaired) electrons. The Kier molecular flexibility index (Phi) is 4.87. The molecule has 3 nitrogen and oxygen atoms in total. The predicted molar refractivity (Wildman–Crippen MR) is 103 cm³/mol. The lowest BCUT2D eigenvalue weighted by atomic mass is 9.87. The molecule has 3 heterocycles. The molecule has 25 heavy (non-hydrogen) atoms. The molecule has 1 aromatic heterocycles. The molecule has 4 rings (SSSR count). The highest BCUT2D eigenvalue weighted by molar-refractivity contribution is 5.31. The maximum atomic E-state index is 4.47. The summed E-state index contributed by atoms with van der Waals surface area (Å²) in [4.78, 5) is 9.90. The summed E-state index contributed by atoms with van der Waals surface area (Å²) in [7, 11) is 0. The lowest BCUT2D eigenvalue weighted by Crippen LogP contribution is -2.55. The maximum absolute atomic E-state index is 4.47. The third kappa shape index (κ3) is 3.49. The van der Waals surface area contributed by atoms with Crippen LogP contribution in [0.25, 0.3) is 0 Å². The molecule has 2 atom stereocenters. The van der Waals surface area contributed by atoms with Crippen molar-refractivity contribution in [3.8, 4) is 0 Å². The molecule has 2 aromatic rings. The summed E-state index contributed by atoms with van der Waals surface area (Å²) in [5.41, 5.74) is 5.51. The topological polar surface area (TPSA) is 19.4 Å². The first-order valence-corrected chi connectivity index (χ1v) is 9.66. The summed E-state index contributed by atoms with van der Waals surface area (Å²) in [5.74, 6) is 0. The van der Waals surface area contributed by atoms with Crippen molar-refractivity contribution in [2.24, 2.45) is 0 Å². The van der Waals surface area contributed by atoms with Gasteiger partial charge < -0.3 is 0 Å². The minimum absolute atomic E-state index is 0.583. The Labute approximate surface area is 151 Å². The van der Waals surface area contributed by atoms with Gasteiger partial charge in [-0.05, 0) is 55.9 Å².